The number of rotatable bonds is 7. The van der Waals surface area contributed by atoms with Crippen LogP contribution >= 0.6 is 11.5 Å². The van der Waals surface area contributed by atoms with Gasteiger partial charge in [-0.25, -0.2) is 4.79 Å². The van der Waals surface area contributed by atoms with Gasteiger partial charge >= 0.3 is 5.97 Å². The van der Waals surface area contributed by atoms with E-state index >= 15 is 0 Å². The van der Waals surface area contributed by atoms with Crippen molar-refractivity contribution >= 4 is 28.7 Å². The van der Waals surface area contributed by atoms with Crippen LogP contribution in [0, 0.1) is 0 Å². The molecule has 9 heteroatoms. The zero-order chi connectivity index (χ0) is 16.7. The van der Waals surface area contributed by atoms with Gasteiger partial charge < -0.3 is 14.2 Å². The van der Waals surface area contributed by atoms with Gasteiger partial charge in [0.1, 0.15) is 11.5 Å². The predicted octanol–water partition coefficient (Wildman–Crippen LogP) is 2.18. The van der Waals surface area contributed by atoms with E-state index in [2.05, 4.69) is 20.1 Å². The van der Waals surface area contributed by atoms with E-state index in [4.69, 9.17) is 14.2 Å². The molecule has 1 N–H and O–H groups in total. The number of carbonyl (C=O) groups excluding carboxylic acids is 1. The fourth-order valence-electron chi connectivity index (χ4n) is 1.68. The summed E-state index contributed by atoms with van der Waals surface area (Å²) < 4.78 is 19.0. The van der Waals surface area contributed by atoms with Gasteiger partial charge in [0.25, 0.3) is 0 Å². The summed E-state index contributed by atoms with van der Waals surface area (Å²) in [6.45, 7) is 1.99. The van der Waals surface area contributed by atoms with E-state index in [1.54, 1.807) is 45.6 Å². The van der Waals surface area contributed by atoms with E-state index in [0.29, 0.717) is 16.5 Å². The predicted molar refractivity (Wildman–Crippen MR) is 86.6 cm³/mol. The summed E-state index contributed by atoms with van der Waals surface area (Å²) in [5, 5.41) is 8.22. The van der Waals surface area contributed by atoms with Crippen LogP contribution in [0.2, 0.25) is 0 Å². The minimum Gasteiger partial charge on any atom is -0.497 e. The van der Waals surface area contributed by atoms with Crippen molar-refractivity contribution in [1.29, 1.82) is 0 Å². The Hall–Kier alpha value is -2.68. The maximum absolute atomic E-state index is 11.7. The fourth-order valence-corrected chi connectivity index (χ4v) is 2.19. The lowest BCUT2D eigenvalue weighted by Crippen LogP contribution is -2.07. The molecule has 0 aliphatic rings. The van der Waals surface area contributed by atoms with E-state index in [-0.39, 0.29) is 12.3 Å². The third-order valence-corrected chi connectivity index (χ3v) is 3.40. The minimum atomic E-state index is -0.541. The monoisotopic (exact) mass is 336 g/mol. The van der Waals surface area contributed by atoms with Gasteiger partial charge in [0.05, 0.1) is 27.0 Å². The summed E-state index contributed by atoms with van der Waals surface area (Å²) >= 11 is 1.02. The van der Waals surface area contributed by atoms with E-state index in [1.807, 2.05) is 0 Å². The summed E-state index contributed by atoms with van der Waals surface area (Å²) in [5.74, 6) is 0.757. The molecule has 1 heterocycles. The summed E-state index contributed by atoms with van der Waals surface area (Å²) in [6.07, 6.45) is 1.56. The van der Waals surface area contributed by atoms with Crippen LogP contribution in [0.4, 0.5) is 5.00 Å². The molecule has 0 saturated carbocycles. The average molecular weight is 336 g/mol. The van der Waals surface area contributed by atoms with E-state index in [1.165, 1.54) is 0 Å². The van der Waals surface area contributed by atoms with E-state index in [0.717, 1.165) is 17.1 Å². The lowest BCUT2D eigenvalue weighted by molar-refractivity contribution is 0.0520. The Morgan fingerprint density at radius 2 is 2.22 bits per heavy atom. The number of hydrogen-bond acceptors (Lipinski definition) is 9. The lowest BCUT2D eigenvalue weighted by Gasteiger charge is -2.06. The second kappa shape index (κ2) is 8.08. The Morgan fingerprint density at radius 3 is 2.91 bits per heavy atom. The molecule has 23 heavy (non-hydrogen) atoms. The van der Waals surface area contributed by atoms with Crippen LogP contribution < -0.4 is 14.9 Å². The van der Waals surface area contributed by atoms with Crippen molar-refractivity contribution < 1.29 is 19.0 Å². The highest BCUT2D eigenvalue weighted by molar-refractivity contribution is 7.10. The van der Waals surface area contributed by atoms with Crippen molar-refractivity contribution in [3.8, 4) is 11.5 Å². The van der Waals surface area contributed by atoms with Crippen LogP contribution in [0.25, 0.3) is 0 Å². The molecule has 122 valence electrons. The number of benzene rings is 1. The Bertz CT molecular complexity index is 702. The van der Waals surface area contributed by atoms with Crippen molar-refractivity contribution in [2.24, 2.45) is 5.10 Å². The van der Waals surface area contributed by atoms with E-state index < -0.39 is 5.97 Å². The lowest BCUT2D eigenvalue weighted by atomic mass is 10.2. The Balaban J connectivity index is 2.11. The van der Waals surface area contributed by atoms with Crippen LogP contribution in [-0.4, -0.2) is 42.6 Å². The van der Waals surface area contributed by atoms with Gasteiger partial charge in [0.2, 0.25) is 5.69 Å². The number of esters is 1. The smallest absolute Gasteiger partial charge is 0.362 e. The first kappa shape index (κ1) is 16.7. The first-order valence-electron chi connectivity index (χ1n) is 6.70. The van der Waals surface area contributed by atoms with Gasteiger partial charge in [0, 0.05) is 23.2 Å². The Labute approximate surface area is 137 Å². The molecule has 0 spiro atoms. The molecule has 8 nitrogen and oxygen atoms in total. The number of hydrazone groups is 1. The molecule has 0 amide bonds. The number of hydrogen-bond donors (Lipinski definition) is 1. The zero-order valence-corrected chi connectivity index (χ0v) is 13.7. The molecule has 0 fully saturated rings. The summed E-state index contributed by atoms with van der Waals surface area (Å²) in [4.78, 5) is 11.7. The molecule has 0 radical (unpaired) electrons. The SMILES string of the molecule is CCOC(=O)c1nnsc1NN=Cc1ccc(OC)cc1OC. The summed E-state index contributed by atoms with van der Waals surface area (Å²) in [6, 6.07) is 5.35. The van der Waals surface area contributed by atoms with Crippen LogP contribution in [0.1, 0.15) is 23.0 Å². The Morgan fingerprint density at radius 1 is 1.39 bits per heavy atom. The number of anilines is 1. The van der Waals surface area contributed by atoms with Crippen molar-refractivity contribution in [2.75, 3.05) is 26.3 Å². The standard InChI is InChI=1S/C14H16N4O4S/c1-4-22-14(19)12-13(23-18-16-12)17-15-8-9-5-6-10(20-2)7-11(9)21-3/h5-8,17H,4H2,1-3H3. The molecule has 0 unspecified atom stereocenters. The van der Waals surface area contributed by atoms with Gasteiger partial charge in [-0.1, -0.05) is 4.49 Å². The molecule has 0 aliphatic carbocycles. The van der Waals surface area contributed by atoms with Crippen molar-refractivity contribution in [2.45, 2.75) is 6.92 Å². The molecular weight excluding hydrogens is 320 g/mol. The van der Waals surface area contributed by atoms with Gasteiger partial charge in [-0.3, -0.25) is 5.43 Å². The maximum Gasteiger partial charge on any atom is 0.362 e. The number of carbonyl (C=O) groups is 1. The molecule has 0 aliphatic heterocycles. The third-order valence-electron chi connectivity index (χ3n) is 2.77. The number of ether oxygens (including phenoxy) is 3. The summed E-state index contributed by atoms with van der Waals surface area (Å²) in [7, 11) is 3.14. The molecule has 1 aromatic heterocycles. The molecule has 0 bridgehead atoms. The molecule has 1 aromatic carbocycles. The maximum atomic E-state index is 11.7. The molecule has 2 aromatic rings. The second-order valence-corrected chi connectivity index (χ2v) is 4.90. The van der Waals surface area contributed by atoms with Crippen molar-refractivity contribution in [1.82, 2.24) is 9.59 Å². The van der Waals surface area contributed by atoms with Crippen LogP contribution in [-0.2, 0) is 4.74 Å². The second-order valence-electron chi connectivity index (χ2n) is 4.15. The highest BCUT2D eigenvalue weighted by atomic mass is 32.1. The van der Waals surface area contributed by atoms with Gasteiger partial charge in [0.15, 0.2) is 5.00 Å². The van der Waals surface area contributed by atoms with Gasteiger partial charge in [-0.2, -0.15) is 5.10 Å². The zero-order valence-electron chi connectivity index (χ0n) is 12.9. The normalized spacial score (nSPS) is 10.6. The van der Waals surface area contributed by atoms with Crippen molar-refractivity contribution in [3.63, 3.8) is 0 Å². The van der Waals surface area contributed by atoms with Crippen LogP contribution in [0.15, 0.2) is 23.3 Å². The third kappa shape index (κ3) is 4.16. The first-order valence-corrected chi connectivity index (χ1v) is 7.47. The topological polar surface area (TPSA) is 94.9 Å². The van der Waals surface area contributed by atoms with Crippen LogP contribution in [0.3, 0.4) is 0 Å². The minimum absolute atomic E-state index is 0.107. The average Bonchev–Trinajstić information content (AvgIpc) is 3.04. The summed E-state index contributed by atoms with van der Waals surface area (Å²) in [5.41, 5.74) is 3.59. The number of aromatic nitrogens is 2. The quantitative estimate of drug-likeness (QED) is 0.470. The largest absolute Gasteiger partial charge is 0.497 e. The van der Waals surface area contributed by atoms with Crippen LogP contribution in [0.5, 0.6) is 11.5 Å². The van der Waals surface area contributed by atoms with Gasteiger partial charge in [-0.15, -0.1) is 5.10 Å². The van der Waals surface area contributed by atoms with Crippen molar-refractivity contribution in [3.05, 3.63) is 29.5 Å². The highest BCUT2D eigenvalue weighted by Gasteiger charge is 2.17. The van der Waals surface area contributed by atoms with Gasteiger partial charge in [-0.05, 0) is 19.1 Å². The molecular formula is C14H16N4O4S. The number of nitrogens with zero attached hydrogens (tertiary/aromatic N) is 3. The number of methoxy groups -OCH3 is 2. The molecule has 2 rings (SSSR count). The highest BCUT2D eigenvalue weighted by Crippen LogP contribution is 2.23. The fraction of sp³-hybridized carbons (Fsp3) is 0.286. The molecule has 0 saturated heterocycles. The van der Waals surface area contributed by atoms with E-state index in [9.17, 15) is 4.79 Å². The Kier molecular flexibility index (Phi) is 5.87. The molecule has 0 atom stereocenters. The first-order chi connectivity index (χ1) is 11.2. The number of nitrogens with one attached hydrogen (secondary N) is 1.